The van der Waals surface area contributed by atoms with Crippen LogP contribution in [0.1, 0.15) is 5.56 Å². The van der Waals surface area contributed by atoms with E-state index in [0.717, 1.165) is 0 Å². The van der Waals surface area contributed by atoms with Crippen molar-refractivity contribution in [3.8, 4) is 11.5 Å². The molecule has 1 rings (SSSR count). The molecule has 0 aliphatic carbocycles. The average molecular weight is 248 g/mol. The number of benzene rings is 1. The van der Waals surface area contributed by atoms with Gasteiger partial charge in [0.25, 0.3) is 0 Å². The Morgan fingerprint density at radius 2 is 1.94 bits per heavy atom. The van der Waals surface area contributed by atoms with Crippen molar-refractivity contribution < 1.29 is 13.9 Å². The molecule has 0 atom stereocenters. The van der Waals surface area contributed by atoms with Crippen molar-refractivity contribution in [2.24, 2.45) is 5.73 Å². The van der Waals surface area contributed by atoms with Gasteiger partial charge in [-0.3, -0.25) is 0 Å². The van der Waals surface area contributed by atoms with Crippen LogP contribution in [-0.2, 0) is 0 Å². The fourth-order valence-electron chi connectivity index (χ4n) is 1.26. The van der Waals surface area contributed by atoms with Crippen LogP contribution in [0, 0.1) is 0 Å². The van der Waals surface area contributed by atoms with E-state index in [2.05, 4.69) is 0 Å². The van der Waals surface area contributed by atoms with Gasteiger partial charge in [0, 0.05) is 12.1 Å². The van der Waals surface area contributed by atoms with Crippen molar-refractivity contribution in [3.05, 3.63) is 30.1 Å². The van der Waals surface area contributed by atoms with E-state index in [1.54, 1.807) is 25.3 Å². The van der Waals surface area contributed by atoms with Gasteiger partial charge in [-0.25, -0.2) is 4.39 Å². The van der Waals surface area contributed by atoms with Gasteiger partial charge in [-0.2, -0.15) is 0 Å². The van der Waals surface area contributed by atoms with Gasteiger partial charge < -0.3 is 15.2 Å². The minimum absolute atomic E-state index is 0. The second-order valence-electron chi connectivity index (χ2n) is 2.91. The number of hydrogen-bond acceptors (Lipinski definition) is 3. The lowest BCUT2D eigenvalue weighted by molar-refractivity contribution is 0.355. The third-order valence-electron chi connectivity index (χ3n) is 2.11. The SMILES string of the molecule is COc1ccc(C(=CF)CN)cc1OC.Cl. The van der Waals surface area contributed by atoms with Crippen molar-refractivity contribution in [2.45, 2.75) is 0 Å². The van der Waals surface area contributed by atoms with E-state index in [-0.39, 0.29) is 19.0 Å². The van der Waals surface area contributed by atoms with E-state index in [1.165, 1.54) is 7.11 Å². The van der Waals surface area contributed by atoms with Crippen LogP contribution in [0.2, 0.25) is 0 Å². The first-order valence-corrected chi connectivity index (χ1v) is 4.48. The Hall–Kier alpha value is -1.26. The Labute approximate surface area is 100 Å². The molecule has 0 amide bonds. The second kappa shape index (κ2) is 7.09. The third-order valence-corrected chi connectivity index (χ3v) is 2.11. The third kappa shape index (κ3) is 3.12. The summed E-state index contributed by atoms with van der Waals surface area (Å²) < 4.78 is 22.6. The molecule has 1 aromatic rings. The number of rotatable bonds is 4. The second-order valence-corrected chi connectivity index (χ2v) is 2.91. The van der Waals surface area contributed by atoms with Crippen LogP contribution in [0.25, 0.3) is 5.57 Å². The molecule has 3 nitrogen and oxygen atoms in total. The molecule has 0 heterocycles. The fourth-order valence-corrected chi connectivity index (χ4v) is 1.26. The molecule has 90 valence electrons. The van der Waals surface area contributed by atoms with Crippen molar-refractivity contribution >= 4 is 18.0 Å². The van der Waals surface area contributed by atoms with Gasteiger partial charge in [0.2, 0.25) is 0 Å². The summed E-state index contributed by atoms with van der Waals surface area (Å²) in [5.74, 6) is 1.17. The Kier molecular flexibility index (Phi) is 6.53. The number of nitrogens with two attached hydrogens (primary N) is 1. The van der Waals surface area contributed by atoms with Crippen molar-refractivity contribution in [1.29, 1.82) is 0 Å². The lowest BCUT2D eigenvalue weighted by Gasteiger charge is -2.10. The van der Waals surface area contributed by atoms with Crippen LogP contribution in [0.4, 0.5) is 4.39 Å². The van der Waals surface area contributed by atoms with E-state index in [1.807, 2.05) is 0 Å². The summed E-state index contributed by atoms with van der Waals surface area (Å²) in [6.07, 6.45) is 0.501. The summed E-state index contributed by atoms with van der Waals surface area (Å²) in [5, 5.41) is 0. The van der Waals surface area contributed by atoms with Gasteiger partial charge in [-0.05, 0) is 17.7 Å². The topological polar surface area (TPSA) is 44.5 Å². The highest BCUT2D eigenvalue weighted by atomic mass is 35.5. The first-order valence-electron chi connectivity index (χ1n) is 4.48. The van der Waals surface area contributed by atoms with Crippen LogP contribution in [-0.4, -0.2) is 20.8 Å². The number of ether oxygens (including phenoxy) is 2. The minimum Gasteiger partial charge on any atom is -0.493 e. The molecule has 0 radical (unpaired) electrons. The zero-order valence-electron chi connectivity index (χ0n) is 9.20. The molecule has 0 fully saturated rings. The maximum Gasteiger partial charge on any atom is 0.161 e. The maximum atomic E-state index is 12.4. The maximum absolute atomic E-state index is 12.4. The monoisotopic (exact) mass is 247 g/mol. The van der Waals surface area contributed by atoms with Crippen LogP contribution < -0.4 is 15.2 Å². The molecule has 0 unspecified atom stereocenters. The number of halogens is 2. The number of methoxy groups -OCH3 is 2. The number of hydrogen-bond donors (Lipinski definition) is 1. The predicted octanol–water partition coefficient (Wildman–Crippen LogP) is 2.39. The largest absolute Gasteiger partial charge is 0.493 e. The summed E-state index contributed by atoms with van der Waals surface area (Å²) >= 11 is 0. The zero-order valence-corrected chi connectivity index (χ0v) is 10.0. The molecule has 0 aliphatic heterocycles. The molecule has 1 aromatic carbocycles. The Bertz CT molecular complexity index is 369. The van der Waals surface area contributed by atoms with Crippen LogP contribution >= 0.6 is 12.4 Å². The van der Waals surface area contributed by atoms with E-state index in [4.69, 9.17) is 15.2 Å². The van der Waals surface area contributed by atoms with E-state index < -0.39 is 0 Å². The van der Waals surface area contributed by atoms with Gasteiger partial charge in [0.15, 0.2) is 11.5 Å². The van der Waals surface area contributed by atoms with Gasteiger partial charge in [-0.1, -0.05) is 6.07 Å². The van der Waals surface area contributed by atoms with Crippen molar-refractivity contribution in [3.63, 3.8) is 0 Å². The highest BCUT2D eigenvalue weighted by molar-refractivity contribution is 5.85. The van der Waals surface area contributed by atoms with Gasteiger partial charge in [-0.15, -0.1) is 12.4 Å². The molecule has 0 saturated heterocycles. The first kappa shape index (κ1) is 14.7. The van der Waals surface area contributed by atoms with Crippen LogP contribution in [0.5, 0.6) is 11.5 Å². The molecule has 5 heteroatoms. The fraction of sp³-hybridized carbons (Fsp3) is 0.273. The quantitative estimate of drug-likeness (QED) is 0.889. The zero-order chi connectivity index (χ0) is 11.3. The van der Waals surface area contributed by atoms with E-state index >= 15 is 0 Å². The first-order chi connectivity index (χ1) is 7.26. The average Bonchev–Trinajstić information content (AvgIpc) is 2.30. The molecule has 16 heavy (non-hydrogen) atoms. The van der Waals surface area contributed by atoms with Gasteiger partial charge in [0.1, 0.15) is 0 Å². The summed E-state index contributed by atoms with van der Waals surface area (Å²) in [4.78, 5) is 0. The summed E-state index contributed by atoms with van der Waals surface area (Å²) in [6.45, 7) is 0.145. The van der Waals surface area contributed by atoms with E-state index in [0.29, 0.717) is 29.0 Å². The summed E-state index contributed by atoms with van der Waals surface area (Å²) in [5.41, 5.74) is 6.52. The van der Waals surface area contributed by atoms with Crippen LogP contribution in [0.15, 0.2) is 24.5 Å². The smallest absolute Gasteiger partial charge is 0.161 e. The summed E-state index contributed by atoms with van der Waals surface area (Å²) in [7, 11) is 3.08. The Morgan fingerprint density at radius 1 is 1.31 bits per heavy atom. The summed E-state index contributed by atoms with van der Waals surface area (Å²) in [6, 6.07) is 5.14. The molecular weight excluding hydrogens is 233 g/mol. The lowest BCUT2D eigenvalue weighted by Crippen LogP contribution is -2.02. The lowest BCUT2D eigenvalue weighted by atomic mass is 10.1. The Balaban J connectivity index is 0.00000225. The van der Waals surface area contributed by atoms with Crippen LogP contribution in [0.3, 0.4) is 0 Å². The van der Waals surface area contributed by atoms with E-state index in [9.17, 15) is 4.39 Å². The molecular formula is C11H15ClFNO2. The Morgan fingerprint density at radius 3 is 2.38 bits per heavy atom. The highest BCUT2D eigenvalue weighted by Crippen LogP contribution is 2.30. The molecule has 0 aliphatic rings. The molecule has 0 saturated carbocycles. The normalized spacial score (nSPS) is 10.6. The molecule has 2 N–H and O–H groups in total. The molecule has 0 aromatic heterocycles. The minimum atomic E-state index is 0. The molecule has 0 bridgehead atoms. The molecule has 0 spiro atoms. The standard InChI is InChI=1S/C11H14FNO2.ClH/c1-14-10-4-3-8(5-11(10)15-2)9(6-12)7-13;/h3-6H,7,13H2,1-2H3;1H. The van der Waals surface area contributed by atoms with Gasteiger partial charge in [0.05, 0.1) is 20.5 Å². The van der Waals surface area contributed by atoms with Crippen molar-refractivity contribution in [1.82, 2.24) is 0 Å². The van der Waals surface area contributed by atoms with Gasteiger partial charge >= 0.3 is 0 Å². The highest BCUT2D eigenvalue weighted by Gasteiger charge is 2.06. The van der Waals surface area contributed by atoms with Crippen molar-refractivity contribution in [2.75, 3.05) is 20.8 Å². The predicted molar refractivity (Wildman–Crippen MR) is 64.9 cm³/mol.